The molecule has 0 aliphatic heterocycles. The summed E-state index contributed by atoms with van der Waals surface area (Å²) < 4.78 is 15.3. The second-order valence-electron chi connectivity index (χ2n) is 6.36. The minimum Gasteiger partial charge on any atom is -0.462 e. The number of hydrogen-bond donors (Lipinski definition) is 1. The van der Waals surface area contributed by atoms with Gasteiger partial charge >= 0.3 is 17.9 Å². The third-order valence-corrected chi connectivity index (χ3v) is 3.61. The van der Waals surface area contributed by atoms with Gasteiger partial charge in [-0.05, 0) is 19.8 Å². The van der Waals surface area contributed by atoms with E-state index in [9.17, 15) is 19.5 Å². The number of rotatable bonds is 13. The zero-order valence-corrected chi connectivity index (χ0v) is 15.5. The summed E-state index contributed by atoms with van der Waals surface area (Å²) >= 11 is 0. The SMILES string of the molecule is C=CC(=O)OCC(COC(=O)C=C)(COC(=O)C=C)C[C@@](C)(O)CCC. The van der Waals surface area contributed by atoms with Crippen LogP contribution in [0.2, 0.25) is 0 Å². The monoisotopic (exact) mass is 368 g/mol. The van der Waals surface area contributed by atoms with E-state index in [1.54, 1.807) is 6.92 Å². The Morgan fingerprint density at radius 2 is 1.23 bits per heavy atom. The molecule has 0 heterocycles. The summed E-state index contributed by atoms with van der Waals surface area (Å²) in [7, 11) is 0. The van der Waals surface area contributed by atoms with Crippen molar-refractivity contribution in [2.24, 2.45) is 5.41 Å². The summed E-state index contributed by atoms with van der Waals surface area (Å²) in [6.45, 7) is 12.7. The van der Waals surface area contributed by atoms with Crippen LogP contribution in [-0.2, 0) is 28.6 Å². The lowest BCUT2D eigenvalue weighted by Gasteiger charge is -2.37. The van der Waals surface area contributed by atoms with Crippen LogP contribution in [0.1, 0.15) is 33.1 Å². The van der Waals surface area contributed by atoms with E-state index in [-0.39, 0.29) is 26.2 Å². The number of aliphatic hydroxyl groups is 1. The molecule has 0 aliphatic carbocycles. The molecule has 0 rings (SSSR count). The summed E-state index contributed by atoms with van der Waals surface area (Å²) in [6, 6.07) is 0. The zero-order valence-electron chi connectivity index (χ0n) is 15.5. The van der Waals surface area contributed by atoms with Gasteiger partial charge in [-0.1, -0.05) is 33.1 Å². The number of ether oxygens (including phenoxy) is 3. The largest absolute Gasteiger partial charge is 0.462 e. The molecule has 146 valence electrons. The molecular weight excluding hydrogens is 340 g/mol. The second kappa shape index (κ2) is 11.3. The van der Waals surface area contributed by atoms with Gasteiger partial charge in [0.2, 0.25) is 0 Å². The Kier molecular flexibility index (Phi) is 10.2. The van der Waals surface area contributed by atoms with Gasteiger partial charge in [-0.15, -0.1) is 0 Å². The Bertz CT molecular complexity index is 474. The Labute approximate surface area is 154 Å². The number of esters is 3. The molecule has 7 heteroatoms. The van der Waals surface area contributed by atoms with Gasteiger partial charge in [0, 0.05) is 18.2 Å². The van der Waals surface area contributed by atoms with Crippen LogP contribution in [0, 0.1) is 5.41 Å². The molecule has 0 aromatic heterocycles. The minimum atomic E-state index is -1.16. The summed E-state index contributed by atoms with van der Waals surface area (Å²) in [5.74, 6) is -2.06. The van der Waals surface area contributed by atoms with E-state index >= 15 is 0 Å². The van der Waals surface area contributed by atoms with E-state index in [2.05, 4.69) is 19.7 Å². The van der Waals surface area contributed by atoms with E-state index in [0.29, 0.717) is 12.8 Å². The van der Waals surface area contributed by atoms with E-state index in [1.165, 1.54) is 0 Å². The molecule has 0 spiro atoms. The molecule has 0 bridgehead atoms. The van der Waals surface area contributed by atoms with Crippen molar-refractivity contribution in [3.05, 3.63) is 38.0 Å². The Hall–Kier alpha value is -2.41. The van der Waals surface area contributed by atoms with Crippen LogP contribution >= 0.6 is 0 Å². The standard InChI is InChI=1S/C19H28O7/c1-6-10-18(5,23)11-19(12-24-15(20)7-2,13-25-16(21)8-3)14-26-17(22)9-4/h7-9,23H,2-4,6,10-14H2,1,5H3/t18-/m0/s1. The predicted octanol–water partition coefficient (Wildman–Crippen LogP) is 2.10. The normalized spacial score (nSPS) is 13.0. The van der Waals surface area contributed by atoms with Crippen LogP contribution in [0.4, 0.5) is 0 Å². The topological polar surface area (TPSA) is 99.1 Å². The zero-order chi connectivity index (χ0) is 20.2. The number of hydrogen-bond acceptors (Lipinski definition) is 7. The minimum absolute atomic E-state index is 0.0626. The Balaban J connectivity index is 5.59. The van der Waals surface area contributed by atoms with Crippen LogP contribution in [0.5, 0.6) is 0 Å². The van der Waals surface area contributed by atoms with Crippen molar-refractivity contribution in [3.8, 4) is 0 Å². The average molecular weight is 368 g/mol. The maximum Gasteiger partial charge on any atom is 0.330 e. The molecule has 0 saturated carbocycles. The first-order chi connectivity index (χ1) is 12.1. The second-order valence-corrected chi connectivity index (χ2v) is 6.36. The first kappa shape index (κ1) is 23.6. The van der Waals surface area contributed by atoms with Crippen molar-refractivity contribution in [1.29, 1.82) is 0 Å². The van der Waals surface area contributed by atoms with Crippen LogP contribution in [-0.4, -0.2) is 48.4 Å². The molecule has 0 radical (unpaired) electrons. The van der Waals surface area contributed by atoms with E-state index in [1.807, 2.05) is 6.92 Å². The third kappa shape index (κ3) is 9.17. The van der Waals surface area contributed by atoms with Crippen LogP contribution in [0.15, 0.2) is 38.0 Å². The molecule has 0 amide bonds. The van der Waals surface area contributed by atoms with Gasteiger partial charge in [-0.25, -0.2) is 14.4 Å². The summed E-state index contributed by atoms with van der Waals surface area (Å²) in [4.78, 5) is 34.5. The summed E-state index contributed by atoms with van der Waals surface area (Å²) in [5, 5.41) is 10.6. The molecule has 0 fully saturated rings. The smallest absolute Gasteiger partial charge is 0.330 e. The first-order valence-electron chi connectivity index (χ1n) is 8.23. The van der Waals surface area contributed by atoms with Crippen molar-refractivity contribution < 1.29 is 33.7 Å². The van der Waals surface area contributed by atoms with Gasteiger partial charge < -0.3 is 19.3 Å². The third-order valence-electron chi connectivity index (χ3n) is 3.61. The molecule has 0 unspecified atom stereocenters. The van der Waals surface area contributed by atoms with Gasteiger partial charge in [0.05, 0.1) is 11.0 Å². The number of carbonyl (C=O) groups excluding carboxylic acids is 3. The van der Waals surface area contributed by atoms with Crippen molar-refractivity contribution in [2.75, 3.05) is 19.8 Å². The van der Waals surface area contributed by atoms with Gasteiger partial charge in [-0.3, -0.25) is 0 Å². The first-order valence-corrected chi connectivity index (χ1v) is 8.23. The molecule has 0 aromatic carbocycles. The average Bonchev–Trinajstić information content (AvgIpc) is 2.61. The highest BCUT2D eigenvalue weighted by molar-refractivity contribution is 5.82. The maximum atomic E-state index is 11.5. The highest BCUT2D eigenvalue weighted by atomic mass is 16.6. The summed E-state index contributed by atoms with van der Waals surface area (Å²) in [5.41, 5.74) is -2.30. The predicted molar refractivity (Wildman–Crippen MR) is 96.0 cm³/mol. The highest BCUT2D eigenvalue weighted by Crippen LogP contribution is 2.33. The molecule has 0 aromatic rings. The Morgan fingerprint density at radius 1 is 0.885 bits per heavy atom. The highest BCUT2D eigenvalue weighted by Gasteiger charge is 2.41. The lowest BCUT2D eigenvalue weighted by molar-refractivity contribution is -0.161. The van der Waals surface area contributed by atoms with Crippen LogP contribution < -0.4 is 0 Å². The van der Waals surface area contributed by atoms with Crippen LogP contribution in [0.25, 0.3) is 0 Å². The molecule has 1 N–H and O–H groups in total. The van der Waals surface area contributed by atoms with Gasteiger partial charge in [0.1, 0.15) is 19.8 Å². The molecular formula is C19H28O7. The van der Waals surface area contributed by atoms with Gasteiger partial charge in [0.25, 0.3) is 0 Å². The molecule has 7 nitrogen and oxygen atoms in total. The van der Waals surface area contributed by atoms with E-state index in [0.717, 1.165) is 18.2 Å². The Morgan fingerprint density at radius 3 is 1.50 bits per heavy atom. The fraction of sp³-hybridized carbons (Fsp3) is 0.526. The fourth-order valence-electron chi connectivity index (χ4n) is 2.56. The molecule has 1 atom stereocenters. The van der Waals surface area contributed by atoms with Crippen molar-refractivity contribution in [3.63, 3.8) is 0 Å². The van der Waals surface area contributed by atoms with Crippen LogP contribution in [0.3, 0.4) is 0 Å². The van der Waals surface area contributed by atoms with E-state index in [4.69, 9.17) is 14.2 Å². The lowest BCUT2D eigenvalue weighted by atomic mass is 9.77. The molecule has 0 aliphatic rings. The van der Waals surface area contributed by atoms with Crippen molar-refractivity contribution in [2.45, 2.75) is 38.7 Å². The number of carbonyl (C=O) groups is 3. The van der Waals surface area contributed by atoms with Gasteiger partial charge in [-0.2, -0.15) is 0 Å². The van der Waals surface area contributed by atoms with E-state index < -0.39 is 28.9 Å². The molecule has 0 saturated heterocycles. The van der Waals surface area contributed by atoms with Gasteiger partial charge in [0.15, 0.2) is 0 Å². The quantitative estimate of drug-likeness (QED) is 0.302. The lowest BCUT2D eigenvalue weighted by Crippen LogP contribution is -2.45. The maximum absolute atomic E-state index is 11.5. The van der Waals surface area contributed by atoms with Crippen molar-refractivity contribution in [1.82, 2.24) is 0 Å². The van der Waals surface area contributed by atoms with Crippen molar-refractivity contribution >= 4 is 17.9 Å². The molecule has 26 heavy (non-hydrogen) atoms. The summed E-state index contributed by atoms with van der Waals surface area (Å²) in [6.07, 6.45) is 4.18. The fourth-order valence-corrected chi connectivity index (χ4v) is 2.56.